The molecular formula is C15H30IN3O2S. The third-order valence-electron chi connectivity index (χ3n) is 3.68. The summed E-state index contributed by atoms with van der Waals surface area (Å²) in [5.41, 5.74) is 0. The number of thioether (sulfide) groups is 1. The molecule has 1 fully saturated rings. The molecule has 1 aliphatic rings. The molecule has 0 aromatic heterocycles. The Morgan fingerprint density at radius 1 is 1.36 bits per heavy atom. The lowest BCUT2D eigenvalue weighted by atomic mass is 9.97. The van der Waals surface area contributed by atoms with Crippen LogP contribution < -0.4 is 5.32 Å². The smallest absolute Gasteiger partial charge is 0.309 e. The van der Waals surface area contributed by atoms with Gasteiger partial charge in [-0.15, -0.1) is 24.0 Å². The van der Waals surface area contributed by atoms with Crippen molar-refractivity contribution in [2.75, 3.05) is 45.3 Å². The molecule has 0 atom stereocenters. The molecule has 1 rings (SSSR count). The molecule has 0 aliphatic carbocycles. The van der Waals surface area contributed by atoms with Crippen molar-refractivity contribution in [2.24, 2.45) is 10.9 Å². The van der Waals surface area contributed by atoms with Gasteiger partial charge in [-0.3, -0.25) is 9.79 Å². The van der Waals surface area contributed by atoms with Crippen LogP contribution in [0.4, 0.5) is 0 Å². The van der Waals surface area contributed by atoms with Crippen LogP contribution in [0.15, 0.2) is 4.99 Å². The van der Waals surface area contributed by atoms with Gasteiger partial charge in [-0.1, -0.05) is 0 Å². The van der Waals surface area contributed by atoms with E-state index in [-0.39, 0.29) is 35.9 Å². The van der Waals surface area contributed by atoms with E-state index in [1.54, 1.807) is 0 Å². The number of guanidine groups is 1. The Morgan fingerprint density at radius 3 is 2.59 bits per heavy atom. The zero-order chi connectivity index (χ0) is 15.5. The van der Waals surface area contributed by atoms with Crippen LogP contribution >= 0.6 is 35.7 Å². The number of rotatable bonds is 7. The highest BCUT2D eigenvalue weighted by Crippen LogP contribution is 2.18. The van der Waals surface area contributed by atoms with Gasteiger partial charge in [-0.2, -0.15) is 11.8 Å². The average molecular weight is 443 g/mol. The lowest BCUT2D eigenvalue weighted by molar-refractivity contribution is -0.149. The van der Waals surface area contributed by atoms with E-state index in [2.05, 4.69) is 21.5 Å². The van der Waals surface area contributed by atoms with E-state index in [0.29, 0.717) is 6.61 Å². The van der Waals surface area contributed by atoms with Gasteiger partial charge >= 0.3 is 5.97 Å². The van der Waals surface area contributed by atoms with Gasteiger partial charge in [0.1, 0.15) is 0 Å². The van der Waals surface area contributed by atoms with Gasteiger partial charge in [0.25, 0.3) is 0 Å². The summed E-state index contributed by atoms with van der Waals surface area (Å²) in [6, 6.07) is 0. The summed E-state index contributed by atoms with van der Waals surface area (Å²) in [5.74, 6) is 2.19. The molecule has 0 spiro atoms. The molecule has 1 aliphatic heterocycles. The first-order valence-corrected chi connectivity index (χ1v) is 9.23. The average Bonchev–Trinajstić information content (AvgIpc) is 2.51. The van der Waals surface area contributed by atoms with Gasteiger partial charge in [0.15, 0.2) is 5.96 Å². The predicted octanol–water partition coefficient (Wildman–Crippen LogP) is 2.60. The number of nitrogens with one attached hydrogen (secondary N) is 1. The van der Waals surface area contributed by atoms with Crippen molar-refractivity contribution in [3.63, 3.8) is 0 Å². The largest absolute Gasteiger partial charge is 0.466 e. The number of esters is 1. The number of halogens is 1. The fourth-order valence-electron chi connectivity index (χ4n) is 2.49. The predicted molar refractivity (Wildman–Crippen MR) is 105 cm³/mol. The number of carbonyl (C=O) groups is 1. The quantitative estimate of drug-likeness (QED) is 0.216. The maximum absolute atomic E-state index is 11.7. The first kappa shape index (κ1) is 21.8. The third-order valence-corrected chi connectivity index (χ3v) is 4.38. The van der Waals surface area contributed by atoms with Gasteiger partial charge < -0.3 is 15.0 Å². The second kappa shape index (κ2) is 13.3. The minimum absolute atomic E-state index is 0. The Bertz CT molecular complexity index is 335. The fourth-order valence-corrected chi connectivity index (χ4v) is 2.98. The van der Waals surface area contributed by atoms with Crippen molar-refractivity contribution < 1.29 is 9.53 Å². The van der Waals surface area contributed by atoms with Crippen LogP contribution in [0.2, 0.25) is 0 Å². The molecule has 22 heavy (non-hydrogen) atoms. The van der Waals surface area contributed by atoms with Crippen LogP contribution in [0.1, 0.15) is 32.6 Å². The van der Waals surface area contributed by atoms with Gasteiger partial charge in [0.2, 0.25) is 0 Å². The highest BCUT2D eigenvalue weighted by atomic mass is 127. The monoisotopic (exact) mass is 443 g/mol. The zero-order valence-corrected chi connectivity index (χ0v) is 17.1. The molecule has 130 valence electrons. The summed E-state index contributed by atoms with van der Waals surface area (Å²) >= 11 is 1.89. The van der Waals surface area contributed by atoms with Crippen LogP contribution in [0.3, 0.4) is 0 Å². The van der Waals surface area contributed by atoms with Crippen molar-refractivity contribution in [3.8, 4) is 0 Å². The molecule has 1 saturated heterocycles. The molecule has 1 heterocycles. The van der Waals surface area contributed by atoms with Crippen molar-refractivity contribution in [1.82, 2.24) is 10.2 Å². The number of piperidine rings is 1. The summed E-state index contributed by atoms with van der Waals surface area (Å²) in [4.78, 5) is 18.3. The number of hydrogen-bond donors (Lipinski definition) is 1. The van der Waals surface area contributed by atoms with E-state index in [0.717, 1.165) is 38.4 Å². The highest BCUT2D eigenvalue weighted by Gasteiger charge is 2.27. The van der Waals surface area contributed by atoms with Crippen molar-refractivity contribution in [1.29, 1.82) is 0 Å². The van der Waals surface area contributed by atoms with E-state index >= 15 is 0 Å². The minimum Gasteiger partial charge on any atom is -0.466 e. The molecule has 0 bridgehead atoms. The maximum Gasteiger partial charge on any atom is 0.309 e. The van der Waals surface area contributed by atoms with Crippen LogP contribution in [0.5, 0.6) is 0 Å². The summed E-state index contributed by atoms with van der Waals surface area (Å²) in [7, 11) is 1.82. The molecule has 0 aromatic carbocycles. The summed E-state index contributed by atoms with van der Waals surface area (Å²) in [6.45, 7) is 5.03. The number of nitrogens with zero attached hydrogens (tertiary/aromatic N) is 2. The van der Waals surface area contributed by atoms with Crippen molar-refractivity contribution in [2.45, 2.75) is 32.6 Å². The Hall–Kier alpha value is -0.180. The van der Waals surface area contributed by atoms with Crippen molar-refractivity contribution >= 4 is 47.7 Å². The Balaban J connectivity index is 0.00000441. The molecule has 1 N–H and O–H groups in total. The second-order valence-corrected chi connectivity index (χ2v) is 6.17. The molecule has 5 nitrogen and oxygen atoms in total. The lowest BCUT2D eigenvalue weighted by Gasteiger charge is -2.33. The maximum atomic E-state index is 11.7. The molecular weight excluding hydrogens is 413 g/mol. The fraction of sp³-hybridized carbons (Fsp3) is 0.867. The van der Waals surface area contributed by atoms with Crippen LogP contribution in [-0.4, -0.2) is 62.1 Å². The van der Waals surface area contributed by atoms with Crippen LogP contribution in [0, 0.1) is 5.92 Å². The van der Waals surface area contributed by atoms with Crippen LogP contribution in [0.25, 0.3) is 0 Å². The second-order valence-electron chi connectivity index (χ2n) is 5.19. The van der Waals surface area contributed by atoms with E-state index in [9.17, 15) is 4.79 Å². The Morgan fingerprint density at radius 2 is 2.05 bits per heavy atom. The van der Waals surface area contributed by atoms with E-state index in [1.807, 2.05) is 25.7 Å². The highest BCUT2D eigenvalue weighted by molar-refractivity contribution is 14.0. The molecule has 0 amide bonds. The summed E-state index contributed by atoms with van der Waals surface area (Å²) in [5, 5.41) is 3.42. The van der Waals surface area contributed by atoms with Gasteiger partial charge in [0.05, 0.1) is 12.5 Å². The van der Waals surface area contributed by atoms with Crippen LogP contribution in [-0.2, 0) is 9.53 Å². The first-order chi connectivity index (χ1) is 10.2. The molecule has 0 radical (unpaired) electrons. The van der Waals surface area contributed by atoms with Gasteiger partial charge in [-0.25, -0.2) is 0 Å². The SMILES string of the molecule is CCOC(=O)C1CCN(C(=NC)NCCCCSC)CC1.I. The first-order valence-electron chi connectivity index (χ1n) is 7.84. The topological polar surface area (TPSA) is 53.9 Å². The number of ether oxygens (including phenoxy) is 1. The minimum atomic E-state index is -0.0443. The zero-order valence-electron chi connectivity index (χ0n) is 14.0. The number of aliphatic imine (C=N–C) groups is 1. The third kappa shape index (κ3) is 7.89. The van der Waals surface area contributed by atoms with E-state index < -0.39 is 0 Å². The summed E-state index contributed by atoms with van der Waals surface area (Å²) < 4.78 is 5.10. The van der Waals surface area contributed by atoms with Gasteiger partial charge in [-0.05, 0) is 44.6 Å². The summed E-state index contributed by atoms with van der Waals surface area (Å²) in [6.07, 6.45) is 6.24. The molecule has 0 aromatic rings. The number of likely N-dealkylation sites (tertiary alicyclic amines) is 1. The van der Waals surface area contributed by atoms with Crippen molar-refractivity contribution in [3.05, 3.63) is 0 Å². The van der Waals surface area contributed by atoms with Gasteiger partial charge in [0, 0.05) is 26.7 Å². The molecule has 0 saturated carbocycles. The van der Waals surface area contributed by atoms with E-state index in [4.69, 9.17) is 4.74 Å². The standard InChI is InChI=1S/C15H29N3O2S.HI/c1-4-20-14(19)13-7-10-18(11-8-13)15(16-2)17-9-5-6-12-21-3;/h13H,4-12H2,1-3H3,(H,16,17);1H. The number of unbranched alkanes of at least 4 members (excludes halogenated alkanes) is 1. The molecule has 7 heteroatoms. The van der Waals surface area contributed by atoms with E-state index in [1.165, 1.54) is 18.6 Å². The normalized spacial score (nSPS) is 16.1. The Labute approximate surface area is 156 Å². The lowest BCUT2D eigenvalue weighted by Crippen LogP contribution is -2.46. The Kier molecular flexibility index (Phi) is 13.2. The molecule has 0 unspecified atom stereocenters. The number of carbonyl (C=O) groups excluding carboxylic acids is 1. The number of hydrogen-bond acceptors (Lipinski definition) is 4.